The highest BCUT2D eigenvalue weighted by Crippen LogP contribution is 2.04. The summed E-state index contributed by atoms with van der Waals surface area (Å²) in [5.41, 5.74) is 0. The molecule has 0 amide bonds. The van der Waals surface area contributed by atoms with Gasteiger partial charge in [0.1, 0.15) is 11.8 Å². The minimum atomic E-state index is -0.814. The average Bonchev–Trinajstić information content (AvgIpc) is 2.85. The molecule has 2 N–H and O–H groups in total. The Bertz CT molecular complexity index is 357. The van der Waals surface area contributed by atoms with Gasteiger partial charge in [-0.2, -0.15) is 0 Å². The Balaban J connectivity index is 2.29. The van der Waals surface area contributed by atoms with E-state index in [9.17, 15) is 4.79 Å². The van der Waals surface area contributed by atoms with E-state index in [0.29, 0.717) is 13.0 Å². The third kappa shape index (κ3) is 5.68. The van der Waals surface area contributed by atoms with Crippen LogP contribution in [0.4, 0.5) is 0 Å². The van der Waals surface area contributed by atoms with Crippen molar-refractivity contribution in [2.45, 2.75) is 45.2 Å². The number of carboxylic acids is 1. The van der Waals surface area contributed by atoms with Crippen LogP contribution in [0.5, 0.6) is 0 Å². The summed E-state index contributed by atoms with van der Waals surface area (Å²) in [6, 6.07) is 3.09. The lowest BCUT2D eigenvalue weighted by atomic mass is 10.1. The van der Waals surface area contributed by atoms with Gasteiger partial charge in [-0.3, -0.25) is 10.1 Å². The van der Waals surface area contributed by atoms with Gasteiger partial charge in [-0.1, -0.05) is 25.5 Å². The largest absolute Gasteiger partial charge is 0.480 e. The molecule has 100 valence electrons. The SMILES string of the molecule is CCCC=CCCC(NCc1ccco1)C(=O)O. The zero-order valence-corrected chi connectivity index (χ0v) is 10.8. The van der Waals surface area contributed by atoms with E-state index >= 15 is 0 Å². The zero-order chi connectivity index (χ0) is 13.2. The second-order valence-corrected chi connectivity index (χ2v) is 4.19. The van der Waals surface area contributed by atoms with Gasteiger partial charge >= 0.3 is 5.97 Å². The topological polar surface area (TPSA) is 62.5 Å². The first-order valence-corrected chi connectivity index (χ1v) is 6.37. The molecule has 1 aromatic rings. The Morgan fingerprint density at radius 1 is 1.50 bits per heavy atom. The quantitative estimate of drug-likeness (QED) is 0.662. The van der Waals surface area contributed by atoms with Crippen molar-refractivity contribution in [2.24, 2.45) is 0 Å². The van der Waals surface area contributed by atoms with Crippen LogP contribution < -0.4 is 5.32 Å². The highest BCUT2D eigenvalue weighted by atomic mass is 16.4. The van der Waals surface area contributed by atoms with Crippen molar-refractivity contribution in [1.29, 1.82) is 0 Å². The molecule has 4 heteroatoms. The van der Waals surface area contributed by atoms with Crippen LogP contribution in [-0.2, 0) is 11.3 Å². The Morgan fingerprint density at radius 3 is 2.89 bits per heavy atom. The molecule has 0 fully saturated rings. The second kappa shape index (κ2) is 8.53. The van der Waals surface area contributed by atoms with E-state index in [2.05, 4.69) is 18.3 Å². The van der Waals surface area contributed by atoms with Gasteiger partial charge in [-0.05, 0) is 31.4 Å². The minimum Gasteiger partial charge on any atom is -0.480 e. The fourth-order valence-corrected chi connectivity index (χ4v) is 1.62. The average molecular weight is 251 g/mol. The van der Waals surface area contributed by atoms with Crippen LogP contribution in [0, 0.1) is 0 Å². The number of nitrogens with one attached hydrogen (secondary N) is 1. The molecule has 1 heterocycles. The van der Waals surface area contributed by atoms with Crippen LogP contribution in [-0.4, -0.2) is 17.1 Å². The first kappa shape index (κ1) is 14.5. The van der Waals surface area contributed by atoms with E-state index in [0.717, 1.165) is 25.0 Å². The van der Waals surface area contributed by atoms with E-state index in [1.165, 1.54) is 0 Å². The van der Waals surface area contributed by atoms with Gasteiger partial charge in [-0.15, -0.1) is 0 Å². The molecule has 1 unspecified atom stereocenters. The summed E-state index contributed by atoms with van der Waals surface area (Å²) < 4.78 is 5.15. The number of aliphatic carboxylic acids is 1. The molecule has 0 radical (unpaired) electrons. The van der Waals surface area contributed by atoms with Gasteiger partial charge in [0.25, 0.3) is 0 Å². The molecule has 0 aliphatic rings. The highest BCUT2D eigenvalue weighted by molar-refractivity contribution is 5.73. The van der Waals surface area contributed by atoms with Crippen molar-refractivity contribution >= 4 is 5.97 Å². The van der Waals surface area contributed by atoms with E-state index in [1.54, 1.807) is 12.3 Å². The van der Waals surface area contributed by atoms with Gasteiger partial charge in [0.2, 0.25) is 0 Å². The maximum Gasteiger partial charge on any atom is 0.320 e. The van der Waals surface area contributed by atoms with Crippen LogP contribution in [0.3, 0.4) is 0 Å². The molecule has 0 aromatic carbocycles. The third-order valence-electron chi connectivity index (χ3n) is 2.64. The van der Waals surface area contributed by atoms with E-state index in [4.69, 9.17) is 9.52 Å². The second-order valence-electron chi connectivity index (χ2n) is 4.19. The summed E-state index contributed by atoms with van der Waals surface area (Å²) in [6.45, 7) is 2.57. The number of furan rings is 1. The van der Waals surface area contributed by atoms with Crippen molar-refractivity contribution in [3.05, 3.63) is 36.3 Å². The molecular weight excluding hydrogens is 230 g/mol. The lowest BCUT2D eigenvalue weighted by molar-refractivity contribution is -0.139. The Hall–Kier alpha value is -1.55. The molecule has 0 aliphatic carbocycles. The number of allylic oxidation sites excluding steroid dienone is 2. The monoisotopic (exact) mass is 251 g/mol. The summed E-state index contributed by atoms with van der Waals surface area (Å²) >= 11 is 0. The molecule has 4 nitrogen and oxygen atoms in total. The molecule has 0 saturated heterocycles. The predicted molar refractivity (Wildman–Crippen MR) is 70.3 cm³/mol. The van der Waals surface area contributed by atoms with E-state index < -0.39 is 12.0 Å². The number of carbonyl (C=O) groups is 1. The molecule has 18 heavy (non-hydrogen) atoms. The summed E-state index contributed by atoms with van der Waals surface area (Å²) in [5, 5.41) is 12.1. The van der Waals surface area contributed by atoms with Crippen molar-refractivity contribution in [3.8, 4) is 0 Å². The Kier molecular flexibility index (Phi) is 6.87. The molecule has 1 rings (SSSR count). The van der Waals surface area contributed by atoms with Crippen LogP contribution in [0.25, 0.3) is 0 Å². The molecule has 1 atom stereocenters. The van der Waals surface area contributed by atoms with Gasteiger partial charge in [0, 0.05) is 0 Å². The maximum atomic E-state index is 11.1. The van der Waals surface area contributed by atoms with Crippen molar-refractivity contribution < 1.29 is 14.3 Å². The molecular formula is C14H21NO3. The van der Waals surface area contributed by atoms with Gasteiger partial charge in [0.15, 0.2) is 0 Å². The third-order valence-corrected chi connectivity index (χ3v) is 2.64. The molecule has 0 aliphatic heterocycles. The number of unbranched alkanes of at least 4 members (excludes halogenated alkanes) is 1. The summed E-state index contributed by atoms with van der Waals surface area (Å²) in [5.74, 6) is -0.0618. The highest BCUT2D eigenvalue weighted by Gasteiger charge is 2.15. The van der Waals surface area contributed by atoms with Crippen LogP contribution in [0.15, 0.2) is 35.0 Å². The van der Waals surface area contributed by atoms with Crippen molar-refractivity contribution in [3.63, 3.8) is 0 Å². The van der Waals surface area contributed by atoms with Gasteiger partial charge in [0.05, 0.1) is 12.8 Å². The van der Waals surface area contributed by atoms with Crippen LogP contribution in [0.2, 0.25) is 0 Å². The standard InChI is InChI=1S/C14H21NO3/c1-2-3-4-5-6-9-13(14(16)17)15-11-12-8-7-10-18-12/h4-5,7-8,10,13,15H,2-3,6,9,11H2,1H3,(H,16,17). The lowest BCUT2D eigenvalue weighted by Crippen LogP contribution is -2.35. The Morgan fingerprint density at radius 2 is 2.28 bits per heavy atom. The zero-order valence-electron chi connectivity index (χ0n) is 10.8. The number of rotatable bonds is 9. The maximum absolute atomic E-state index is 11.1. The van der Waals surface area contributed by atoms with Gasteiger partial charge < -0.3 is 9.52 Å². The summed E-state index contributed by atoms with van der Waals surface area (Å²) in [4.78, 5) is 11.1. The fraction of sp³-hybridized carbons (Fsp3) is 0.500. The van der Waals surface area contributed by atoms with Crippen LogP contribution in [0.1, 0.15) is 38.4 Å². The smallest absolute Gasteiger partial charge is 0.320 e. The van der Waals surface area contributed by atoms with Crippen molar-refractivity contribution in [2.75, 3.05) is 0 Å². The minimum absolute atomic E-state index is 0.447. The normalized spacial score (nSPS) is 12.9. The fourth-order valence-electron chi connectivity index (χ4n) is 1.62. The summed E-state index contributed by atoms with van der Waals surface area (Å²) in [7, 11) is 0. The first-order chi connectivity index (χ1) is 8.74. The Labute approximate surface area is 108 Å². The summed E-state index contributed by atoms with van der Waals surface area (Å²) in [6.07, 6.45) is 9.28. The molecule has 1 aromatic heterocycles. The molecule has 0 bridgehead atoms. The van der Waals surface area contributed by atoms with E-state index in [1.807, 2.05) is 12.1 Å². The molecule has 0 saturated carbocycles. The number of hydrogen-bond donors (Lipinski definition) is 2. The predicted octanol–water partition coefficient (Wildman–Crippen LogP) is 2.96. The first-order valence-electron chi connectivity index (χ1n) is 6.37. The van der Waals surface area contributed by atoms with Gasteiger partial charge in [-0.25, -0.2) is 0 Å². The van der Waals surface area contributed by atoms with E-state index in [-0.39, 0.29) is 0 Å². The lowest BCUT2D eigenvalue weighted by Gasteiger charge is -2.12. The number of hydrogen-bond acceptors (Lipinski definition) is 3. The van der Waals surface area contributed by atoms with Crippen LogP contribution >= 0.6 is 0 Å². The number of carboxylic acid groups (broad SMARTS) is 1. The van der Waals surface area contributed by atoms with Crippen molar-refractivity contribution in [1.82, 2.24) is 5.32 Å². The molecule has 0 spiro atoms.